The first-order valence-corrected chi connectivity index (χ1v) is 10.6. The van der Waals surface area contributed by atoms with E-state index in [1.807, 2.05) is 6.92 Å². The van der Waals surface area contributed by atoms with E-state index in [1.54, 1.807) is 17.8 Å². The Morgan fingerprint density at radius 2 is 2.07 bits per heavy atom. The molecule has 1 aliphatic rings. The Labute approximate surface area is 172 Å². The minimum Gasteiger partial charge on any atom is -0.325 e. The van der Waals surface area contributed by atoms with Gasteiger partial charge in [-0.1, -0.05) is 6.07 Å². The van der Waals surface area contributed by atoms with Gasteiger partial charge in [-0.05, 0) is 38.5 Å². The third-order valence-electron chi connectivity index (χ3n) is 5.01. The van der Waals surface area contributed by atoms with E-state index in [0.29, 0.717) is 17.8 Å². The van der Waals surface area contributed by atoms with Crippen molar-refractivity contribution in [3.05, 3.63) is 47.3 Å². The molecule has 0 aliphatic carbocycles. The molecule has 1 aromatic heterocycles. The largest absolute Gasteiger partial charge is 0.416 e. The van der Waals surface area contributed by atoms with Crippen LogP contribution in [-0.2, 0) is 27.7 Å². The monoisotopic (exact) mass is 445 g/mol. The summed E-state index contributed by atoms with van der Waals surface area (Å²) in [4.78, 5) is 12.8. The number of nitrogens with zero attached hydrogens (tertiary/aromatic N) is 3. The third-order valence-corrected chi connectivity index (χ3v) is 6.61. The van der Waals surface area contributed by atoms with Crippen LogP contribution in [0.2, 0.25) is 0 Å². The molecule has 0 bridgehead atoms. The van der Waals surface area contributed by atoms with E-state index >= 15 is 0 Å². The van der Waals surface area contributed by atoms with Crippen molar-refractivity contribution in [3.63, 3.8) is 0 Å². The van der Waals surface area contributed by atoms with Crippen molar-refractivity contribution in [1.29, 1.82) is 0 Å². The number of hydrogen-bond donors (Lipinski definition) is 2. The zero-order valence-electron chi connectivity index (χ0n) is 16.6. The van der Waals surface area contributed by atoms with Gasteiger partial charge in [-0.25, -0.2) is 0 Å². The summed E-state index contributed by atoms with van der Waals surface area (Å²) < 4.78 is 68.9. The van der Waals surface area contributed by atoms with Gasteiger partial charge in [0.1, 0.15) is 6.04 Å². The fraction of sp³-hybridized carbons (Fsp3) is 0.444. The molecule has 3 rings (SSSR count). The molecule has 12 heteroatoms. The van der Waals surface area contributed by atoms with Gasteiger partial charge in [-0.3, -0.25) is 9.48 Å². The van der Waals surface area contributed by atoms with Crippen LogP contribution in [0.3, 0.4) is 0 Å². The van der Waals surface area contributed by atoms with Crippen molar-refractivity contribution in [2.75, 3.05) is 12.4 Å². The summed E-state index contributed by atoms with van der Waals surface area (Å²) in [6, 6.07) is 2.38. The van der Waals surface area contributed by atoms with Crippen molar-refractivity contribution < 1.29 is 26.4 Å². The number of likely N-dealkylation sites (N-methyl/N-ethyl adjacent to an activating group) is 1. The van der Waals surface area contributed by atoms with E-state index in [0.717, 1.165) is 16.4 Å². The Bertz CT molecular complexity index is 1050. The molecule has 2 aromatic rings. The van der Waals surface area contributed by atoms with E-state index in [1.165, 1.54) is 19.2 Å². The minimum atomic E-state index is -4.56. The van der Waals surface area contributed by atoms with Crippen LogP contribution < -0.4 is 10.0 Å². The summed E-state index contributed by atoms with van der Waals surface area (Å²) in [6.07, 6.45) is -2.75. The number of nitrogens with one attached hydrogen (secondary N) is 2. The molecule has 1 amide bonds. The van der Waals surface area contributed by atoms with Crippen LogP contribution in [0.5, 0.6) is 0 Å². The number of amides is 1. The standard InChI is InChI=1S/C18H22F3N5O3S/c1-4-26-10-14(11(2)23-26)15-9-16(25(3)30(28,29)24-15)17(27)22-13-7-5-6-12(8-13)18(19,20)21/h5-8,10,15-16,24H,4,9H2,1-3H3,(H,22,27). The van der Waals surface area contributed by atoms with Gasteiger partial charge < -0.3 is 5.32 Å². The Morgan fingerprint density at radius 1 is 1.37 bits per heavy atom. The number of anilines is 1. The van der Waals surface area contributed by atoms with Crippen LogP contribution in [0.15, 0.2) is 30.5 Å². The molecule has 164 valence electrons. The van der Waals surface area contributed by atoms with Crippen molar-refractivity contribution in [2.45, 2.75) is 45.1 Å². The summed E-state index contributed by atoms with van der Waals surface area (Å²) in [5, 5.41) is 6.70. The number of benzene rings is 1. The van der Waals surface area contributed by atoms with E-state index in [4.69, 9.17) is 0 Å². The van der Waals surface area contributed by atoms with Crippen molar-refractivity contribution in [2.24, 2.45) is 0 Å². The average Bonchev–Trinajstić information content (AvgIpc) is 3.04. The molecule has 2 heterocycles. The number of alkyl halides is 3. The summed E-state index contributed by atoms with van der Waals surface area (Å²) >= 11 is 0. The molecule has 0 radical (unpaired) electrons. The first-order chi connectivity index (χ1) is 13.9. The summed E-state index contributed by atoms with van der Waals surface area (Å²) in [7, 11) is -2.74. The molecule has 1 fully saturated rings. The maximum absolute atomic E-state index is 12.9. The second kappa shape index (κ2) is 8.00. The molecule has 0 spiro atoms. The van der Waals surface area contributed by atoms with Crippen LogP contribution in [0, 0.1) is 6.92 Å². The lowest BCUT2D eigenvalue weighted by Gasteiger charge is -2.36. The predicted molar refractivity (Wildman–Crippen MR) is 104 cm³/mol. The number of halogens is 3. The van der Waals surface area contributed by atoms with Gasteiger partial charge in [0.25, 0.3) is 10.2 Å². The van der Waals surface area contributed by atoms with E-state index in [2.05, 4.69) is 15.1 Å². The van der Waals surface area contributed by atoms with Crippen LogP contribution in [0.4, 0.5) is 18.9 Å². The fourth-order valence-electron chi connectivity index (χ4n) is 3.35. The second-order valence-corrected chi connectivity index (χ2v) is 8.80. The SMILES string of the molecule is CCn1cc(C2CC(C(=O)Nc3cccc(C(F)(F)F)c3)N(C)S(=O)(=O)N2)c(C)n1. The topological polar surface area (TPSA) is 96.3 Å². The molecule has 30 heavy (non-hydrogen) atoms. The number of rotatable bonds is 4. The Kier molecular flexibility index (Phi) is 5.94. The first kappa shape index (κ1) is 22.2. The maximum Gasteiger partial charge on any atom is 0.416 e. The summed E-state index contributed by atoms with van der Waals surface area (Å²) in [6.45, 7) is 4.23. The highest BCUT2D eigenvalue weighted by Gasteiger charge is 2.41. The highest BCUT2D eigenvalue weighted by Crippen LogP contribution is 2.32. The zero-order valence-corrected chi connectivity index (χ0v) is 17.4. The number of aryl methyl sites for hydroxylation is 2. The summed E-state index contributed by atoms with van der Waals surface area (Å²) in [5.74, 6) is -0.715. The molecule has 2 unspecified atom stereocenters. The van der Waals surface area contributed by atoms with Crippen LogP contribution in [0.1, 0.15) is 36.2 Å². The highest BCUT2D eigenvalue weighted by atomic mass is 32.2. The number of hydrogen-bond acceptors (Lipinski definition) is 4. The van der Waals surface area contributed by atoms with Gasteiger partial charge >= 0.3 is 6.18 Å². The molecule has 0 saturated carbocycles. The van der Waals surface area contributed by atoms with Crippen molar-refractivity contribution in [1.82, 2.24) is 18.8 Å². The smallest absolute Gasteiger partial charge is 0.325 e. The van der Waals surface area contributed by atoms with Crippen LogP contribution in [0.25, 0.3) is 0 Å². The molecule has 2 N–H and O–H groups in total. The zero-order chi connectivity index (χ0) is 22.3. The third kappa shape index (κ3) is 4.50. The Morgan fingerprint density at radius 3 is 2.67 bits per heavy atom. The molecular weight excluding hydrogens is 423 g/mol. The molecule has 1 aromatic carbocycles. The number of aromatic nitrogens is 2. The minimum absolute atomic E-state index is 0.0642. The molecule has 1 aliphatic heterocycles. The van der Waals surface area contributed by atoms with Gasteiger partial charge in [-0.2, -0.15) is 35.7 Å². The Balaban J connectivity index is 1.86. The normalized spacial score (nSPS) is 22.1. The number of carbonyl (C=O) groups excluding carboxylic acids is 1. The number of carbonyl (C=O) groups is 1. The maximum atomic E-state index is 12.9. The lowest BCUT2D eigenvalue weighted by atomic mass is 10.00. The van der Waals surface area contributed by atoms with E-state index in [-0.39, 0.29) is 12.1 Å². The van der Waals surface area contributed by atoms with Gasteiger partial charge in [0, 0.05) is 31.0 Å². The molecule has 2 atom stereocenters. The molecular formula is C18H22F3N5O3S. The first-order valence-electron chi connectivity index (χ1n) is 9.19. The lowest BCUT2D eigenvalue weighted by molar-refractivity contribution is -0.137. The van der Waals surface area contributed by atoms with Gasteiger partial charge in [0.2, 0.25) is 5.91 Å². The molecule has 8 nitrogen and oxygen atoms in total. The van der Waals surface area contributed by atoms with Crippen molar-refractivity contribution >= 4 is 21.8 Å². The summed E-state index contributed by atoms with van der Waals surface area (Å²) in [5.41, 5.74) is 0.300. The fourth-order valence-corrected chi connectivity index (χ4v) is 4.61. The highest BCUT2D eigenvalue weighted by molar-refractivity contribution is 7.87. The van der Waals surface area contributed by atoms with Gasteiger partial charge in [0.05, 0.1) is 17.3 Å². The van der Waals surface area contributed by atoms with Crippen LogP contribution >= 0.6 is 0 Å². The second-order valence-electron chi connectivity index (χ2n) is 7.04. The van der Waals surface area contributed by atoms with Gasteiger partial charge in [-0.15, -0.1) is 0 Å². The predicted octanol–water partition coefficient (Wildman–Crippen LogP) is 2.45. The Hall–Kier alpha value is -2.44. The van der Waals surface area contributed by atoms with Crippen LogP contribution in [-0.4, -0.2) is 41.5 Å². The quantitative estimate of drug-likeness (QED) is 0.756. The lowest BCUT2D eigenvalue weighted by Crippen LogP contribution is -2.56. The van der Waals surface area contributed by atoms with E-state index < -0.39 is 39.9 Å². The molecule has 1 saturated heterocycles. The average molecular weight is 445 g/mol. The van der Waals surface area contributed by atoms with Gasteiger partial charge in [0.15, 0.2) is 0 Å². The van der Waals surface area contributed by atoms with Crippen molar-refractivity contribution in [3.8, 4) is 0 Å². The van der Waals surface area contributed by atoms with E-state index in [9.17, 15) is 26.4 Å².